The van der Waals surface area contributed by atoms with E-state index >= 15 is 0 Å². The summed E-state index contributed by atoms with van der Waals surface area (Å²) in [5.41, 5.74) is 1.38. The van der Waals surface area contributed by atoms with Gasteiger partial charge in [0.05, 0.1) is 13.2 Å². The molecule has 0 aromatic carbocycles. The first-order valence-electron chi connectivity index (χ1n) is 7.75. The van der Waals surface area contributed by atoms with E-state index in [0.717, 1.165) is 26.1 Å². The fraction of sp³-hybridized carbons (Fsp3) is 0.474. The molecule has 108 valence electrons. The summed E-state index contributed by atoms with van der Waals surface area (Å²) < 4.78 is 5.76. The van der Waals surface area contributed by atoms with Crippen LogP contribution < -0.4 is 0 Å². The van der Waals surface area contributed by atoms with Crippen LogP contribution in [0.15, 0.2) is 60.3 Å². The molecule has 2 aliphatic rings. The fourth-order valence-corrected chi connectivity index (χ4v) is 2.54. The smallest absolute Gasteiger partial charge is 0.0647 e. The lowest BCUT2D eigenvalue weighted by Crippen LogP contribution is -2.06. The van der Waals surface area contributed by atoms with Crippen molar-refractivity contribution in [1.82, 2.24) is 0 Å². The lowest BCUT2D eigenvalue weighted by molar-refractivity contribution is 0.138. The summed E-state index contributed by atoms with van der Waals surface area (Å²) in [6.45, 7) is 3.72. The molecule has 0 radical (unpaired) electrons. The van der Waals surface area contributed by atoms with Gasteiger partial charge in [0.15, 0.2) is 0 Å². The predicted molar refractivity (Wildman–Crippen MR) is 86.6 cm³/mol. The molecule has 1 heteroatoms. The van der Waals surface area contributed by atoms with E-state index in [-0.39, 0.29) is 0 Å². The minimum absolute atomic E-state index is 0.548. The van der Waals surface area contributed by atoms with Gasteiger partial charge in [-0.2, -0.15) is 0 Å². The Bertz CT molecular complexity index is 423. The molecule has 0 saturated carbocycles. The second-order valence-electron chi connectivity index (χ2n) is 5.65. The zero-order valence-electron chi connectivity index (χ0n) is 12.5. The molecule has 0 spiro atoms. The molecule has 0 fully saturated rings. The molecular formula is C19H26O. The molecule has 20 heavy (non-hydrogen) atoms. The maximum atomic E-state index is 5.76. The number of allylic oxidation sites excluding steroid dienone is 8. The standard InChI is InChI=1S/C19H26O/c1-17-8-6-11-18(14-13-17)12-7-15-20-16-19-9-4-2-3-5-10-19/h2,4-5,7-8,10,12-14,18-19H,3,6,9,11,15-16H2,1H3/b12-7+/t18?,19-/m1/s1. The van der Waals surface area contributed by atoms with Crippen LogP contribution in [0.3, 0.4) is 0 Å². The molecule has 0 aromatic rings. The number of ether oxygens (including phenoxy) is 1. The van der Waals surface area contributed by atoms with E-state index in [1.807, 2.05) is 0 Å². The summed E-state index contributed by atoms with van der Waals surface area (Å²) in [6, 6.07) is 0. The Morgan fingerprint density at radius 1 is 1.25 bits per heavy atom. The minimum Gasteiger partial charge on any atom is -0.377 e. The lowest BCUT2D eigenvalue weighted by atomic mass is 10.0. The monoisotopic (exact) mass is 270 g/mol. The number of rotatable bonds is 5. The highest BCUT2D eigenvalue weighted by atomic mass is 16.5. The molecule has 0 aliphatic heterocycles. The molecule has 0 N–H and O–H groups in total. The molecule has 2 atom stereocenters. The van der Waals surface area contributed by atoms with Crippen molar-refractivity contribution in [3.63, 3.8) is 0 Å². The van der Waals surface area contributed by atoms with Gasteiger partial charge in [0, 0.05) is 5.92 Å². The SMILES string of the molecule is CC1=CCCC(/C=C/COC[C@H]2C=CCC=CC2)C=C1. The van der Waals surface area contributed by atoms with Crippen LogP contribution in [-0.2, 0) is 4.74 Å². The highest BCUT2D eigenvalue weighted by Crippen LogP contribution is 2.17. The van der Waals surface area contributed by atoms with Crippen LogP contribution in [0.5, 0.6) is 0 Å². The normalized spacial score (nSPS) is 26.6. The molecule has 0 bridgehead atoms. The third kappa shape index (κ3) is 5.75. The number of hydrogen-bond acceptors (Lipinski definition) is 1. The second kappa shape index (κ2) is 8.76. The van der Waals surface area contributed by atoms with E-state index in [1.54, 1.807) is 0 Å². The van der Waals surface area contributed by atoms with Gasteiger partial charge in [0.25, 0.3) is 0 Å². The summed E-state index contributed by atoms with van der Waals surface area (Å²) in [7, 11) is 0. The van der Waals surface area contributed by atoms with Crippen molar-refractivity contribution in [1.29, 1.82) is 0 Å². The van der Waals surface area contributed by atoms with E-state index in [2.05, 4.69) is 61.6 Å². The van der Waals surface area contributed by atoms with E-state index in [1.165, 1.54) is 18.4 Å². The van der Waals surface area contributed by atoms with Gasteiger partial charge in [-0.1, -0.05) is 60.3 Å². The topological polar surface area (TPSA) is 9.23 Å². The Morgan fingerprint density at radius 3 is 3.15 bits per heavy atom. The van der Waals surface area contributed by atoms with E-state index in [4.69, 9.17) is 4.74 Å². The summed E-state index contributed by atoms with van der Waals surface area (Å²) in [5.74, 6) is 1.11. The first-order valence-corrected chi connectivity index (χ1v) is 7.75. The average molecular weight is 270 g/mol. The van der Waals surface area contributed by atoms with Crippen LogP contribution in [0.2, 0.25) is 0 Å². The Hall–Kier alpha value is -1.34. The quantitative estimate of drug-likeness (QED) is 0.505. The molecule has 2 aliphatic carbocycles. The van der Waals surface area contributed by atoms with Gasteiger partial charge in [-0.3, -0.25) is 0 Å². The first-order chi connectivity index (χ1) is 9.84. The molecule has 0 amide bonds. The zero-order valence-corrected chi connectivity index (χ0v) is 12.5. The molecule has 0 heterocycles. The van der Waals surface area contributed by atoms with Crippen molar-refractivity contribution in [3.05, 3.63) is 60.3 Å². The van der Waals surface area contributed by atoms with Crippen LogP contribution in [0, 0.1) is 11.8 Å². The summed E-state index contributed by atoms with van der Waals surface area (Å²) >= 11 is 0. The molecular weight excluding hydrogens is 244 g/mol. The average Bonchev–Trinajstić information content (AvgIpc) is 2.82. The van der Waals surface area contributed by atoms with Crippen LogP contribution >= 0.6 is 0 Å². The van der Waals surface area contributed by atoms with Gasteiger partial charge in [-0.15, -0.1) is 0 Å². The zero-order chi connectivity index (χ0) is 14.0. The fourth-order valence-electron chi connectivity index (χ4n) is 2.54. The highest BCUT2D eigenvalue weighted by Gasteiger charge is 2.04. The molecule has 2 rings (SSSR count). The summed E-state index contributed by atoms with van der Waals surface area (Å²) in [5, 5.41) is 0. The van der Waals surface area contributed by atoms with Crippen molar-refractivity contribution >= 4 is 0 Å². The minimum atomic E-state index is 0.548. The molecule has 1 nitrogen and oxygen atoms in total. The van der Waals surface area contributed by atoms with Gasteiger partial charge in [0.2, 0.25) is 0 Å². The van der Waals surface area contributed by atoms with Gasteiger partial charge in [-0.25, -0.2) is 0 Å². The molecule has 0 saturated heterocycles. The maximum Gasteiger partial charge on any atom is 0.0647 e. The molecule has 0 aromatic heterocycles. The maximum absolute atomic E-state index is 5.76. The third-order valence-corrected chi connectivity index (χ3v) is 3.79. The highest BCUT2D eigenvalue weighted by molar-refractivity contribution is 5.20. The van der Waals surface area contributed by atoms with Gasteiger partial charge >= 0.3 is 0 Å². The Balaban J connectivity index is 1.64. The van der Waals surface area contributed by atoms with Crippen molar-refractivity contribution in [2.75, 3.05) is 13.2 Å². The van der Waals surface area contributed by atoms with E-state index in [9.17, 15) is 0 Å². The Kier molecular flexibility index (Phi) is 6.59. The van der Waals surface area contributed by atoms with Crippen LogP contribution in [0.25, 0.3) is 0 Å². The van der Waals surface area contributed by atoms with E-state index < -0.39 is 0 Å². The Morgan fingerprint density at radius 2 is 2.20 bits per heavy atom. The third-order valence-electron chi connectivity index (χ3n) is 3.79. The van der Waals surface area contributed by atoms with Crippen molar-refractivity contribution in [3.8, 4) is 0 Å². The van der Waals surface area contributed by atoms with Crippen molar-refractivity contribution in [2.45, 2.75) is 32.6 Å². The van der Waals surface area contributed by atoms with Crippen LogP contribution in [0.4, 0.5) is 0 Å². The summed E-state index contributed by atoms with van der Waals surface area (Å²) in [4.78, 5) is 0. The van der Waals surface area contributed by atoms with Gasteiger partial charge in [-0.05, 0) is 38.5 Å². The lowest BCUT2D eigenvalue weighted by Gasteiger charge is -2.09. The predicted octanol–water partition coefficient (Wildman–Crippen LogP) is 4.99. The van der Waals surface area contributed by atoms with Crippen LogP contribution in [-0.4, -0.2) is 13.2 Å². The van der Waals surface area contributed by atoms with Crippen molar-refractivity contribution in [2.24, 2.45) is 11.8 Å². The summed E-state index contributed by atoms with van der Waals surface area (Å²) in [6.07, 6.45) is 24.9. The van der Waals surface area contributed by atoms with Gasteiger partial charge < -0.3 is 4.74 Å². The second-order valence-corrected chi connectivity index (χ2v) is 5.65. The van der Waals surface area contributed by atoms with E-state index in [0.29, 0.717) is 11.8 Å². The van der Waals surface area contributed by atoms with Gasteiger partial charge in [0.1, 0.15) is 0 Å². The van der Waals surface area contributed by atoms with Crippen molar-refractivity contribution < 1.29 is 4.74 Å². The number of hydrogen-bond donors (Lipinski definition) is 0. The molecule has 1 unspecified atom stereocenters. The largest absolute Gasteiger partial charge is 0.377 e. The Labute approximate surface area is 123 Å². The van der Waals surface area contributed by atoms with Crippen LogP contribution in [0.1, 0.15) is 32.6 Å². The first kappa shape index (κ1) is 15.1.